The third-order valence-electron chi connectivity index (χ3n) is 3.48. The van der Waals surface area contributed by atoms with Crippen molar-refractivity contribution in [1.82, 2.24) is 9.88 Å². The average molecular weight is 307 g/mol. The molecule has 3 rings (SSSR count). The van der Waals surface area contributed by atoms with Gasteiger partial charge in [0.1, 0.15) is 9.88 Å². The van der Waals surface area contributed by atoms with Crippen molar-refractivity contribution < 1.29 is 4.79 Å². The topological polar surface area (TPSA) is 33.2 Å². The van der Waals surface area contributed by atoms with E-state index in [4.69, 9.17) is 11.6 Å². The molecule has 3 nitrogen and oxygen atoms in total. The zero-order valence-electron chi connectivity index (χ0n) is 11.2. The summed E-state index contributed by atoms with van der Waals surface area (Å²) in [4.78, 5) is 19.7. The highest BCUT2D eigenvalue weighted by Crippen LogP contribution is 2.30. The van der Waals surface area contributed by atoms with E-state index in [0.717, 1.165) is 47.1 Å². The zero-order chi connectivity index (χ0) is 14.1. The van der Waals surface area contributed by atoms with Crippen molar-refractivity contribution in [2.24, 2.45) is 0 Å². The largest absolute Gasteiger partial charge is 0.338 e. The van der Waals surface area contributed by atoms with Crippen LogP contribution in [0, 0.1) is 6.92 Å². The third-order valence-corrected chi connectivity index (χ3v) is 4.92. The quantitative estimate of drug-likeness (QED) is 0.840. The van der Waals surface area contributed by atoms with E-state index in [2.05, 4.69) is 4.98 Å². The molecule has 0 atom stereocenters. The van der Waals surface area contributed by atoms with Crippen LogP contribution >= 0.6 is 22.9 Å². The molecule has 0 saturated carbocycles. The van der Waals surface area contributed by atoms with E-state index >= 15 is 0 Å². The second-order valence-electron chi connectivity index (χ2n) is 4.94. The fourth-order valence-corrected chi connectivity index (χ4v) is 3.54. The van der Waals surface area contributed by atoms with Gasteiger partial charge < -0.3 is 4.90 Å². The number of likely N-dealkylation sites (tertiary alicyclic amines) is 1. The lowest BCUT2D eigenvalue weighted by atomic mass is 10.2. The number of benzene rings is 1. The zero-order valence-corrected chi connectivity index (χ0v) is 12.8. The summed E-state index contributed by atoms with van der Waals surface area (Å²) in [5.74, 6) is 0.123. The van der Waals surface area contributed by atoms with Crippen LogP contribution in [0.3, 0.4) is 0 Å². The van der Waals surface area contributed by atoms with Crippen molar-refractivity contribution in [2.45, 2.75) is 19.8 Å². The number of carbonyl (C=O) groups excluding carboxylic acids is 1. The molecule has 1 aliphatic rings. The molecule has 1 aliphatic heterocycles. The van der Waals surface area contributed by atoms with E-state index in [0.29, 0.717) is 5.02 Å². The first kappa shape index (κ1) is 13.6. The van der Waals surface area contributed by atoms with Gasteiger partial charge in [0.15, 0.2) is 0 Å². The monoisotopic (exact) mass is 306 g/mol. The Morgan fingerprint density at radius 2 is 1.90 bits per heavy atom. The molecule has 5 heteroatoms. The van der Waals surface area contributed by atoms with E-state index in [1.54, 1.807) is 0 Å². The molecule has 0 aliphatic carbocycles. The number of thiazole rings is 1. The number of nitrogens with zero attached hydrogens (tertiary/aromatic N) is 2. The van der Waals surface area contributed by atoms with Crippen molar-refractivity contribution in [3.05, 3.63) is 39.9 Å². The average Bonchev–Trinajstić information content (AvgIpc) is 3.08. The van der Waals surface area contributed by atoms with Gasteiger partial charge in [0, 0.05) is 23.7 Å². The van der Waals surface area contributed by atoms with Crippen molar-refractivity contribution in [3.63, 3.8) is 0 Å². The molecular weight excluding hydrogens is 292 g/mol. The van der Waals surface area contributed by atoms with Crippen molar-refractivity contribution in [3.8, 4) is 10.6 Å². The summed E-state index contributed by atoms with van der Waals surface area (Å²) in [6.45, 7) is 3.64. The molecule has 1 aromatic heterocycles. The predicted molar refractivity (Wildman–Crippen MR) is 82.4 cm³/mol. The van der Waals surface area contributed by atoms with Crippen LogP contribution in [0.1, 0.15) is 28.2 Å². The lowest BCUT2D eigenvalue weighted by molar-refractivity contribution is 0.0796. The Kier molecular flexibility index (Phi) is 3.76. The molecule has 0 unspecified atom stereocenters. The van der Waals surface area contributed by atoms with Crippen LogP contribution in [0.25, 0.3) is 10.6 Å². The number of hydrogen-bond donors (Lipinski definition) is 0. The number of rotatable bonds is 2. The summed E-state index contributed by atoms with van der Waals surface area (Å²) in [5.41, 5.74) is 1.82. The number of halogens is 1. The first-order chi connectivity index (χ1) is 9.65. The molecule has 20 heavy (non-hydrogen) atoms. The fraction of sp³-hybridized carbons (Fsp3) is 0.333. The summed E-state index contributed by atoms with van der Waals surface area (Å²) in [6.07, 6.45) is 2.21. The molecule has 1 amide bonds. The van der Waals surface area contributed by atoms with Gasteiger partial charge in [0.25, 0.3) is 5.91 Å². The summed E-state index contributed by atoms with van der Waals surface area (Å²) in [7, 11) is 0. The highest BCUT2D eigenvalue weighted by molar-refractivity contribution is 7.17. The van der Waals surface area contributed by atoms with Gasteiger partial charge in [-0.25, -0.2) is 4.98 Å². The number of hydrogen-bond acceptors (Lipinski definition) is 3. The molecule has 0 spiro atoms. The van der Waals surface area contributed by atoms with Crippen molar-refractivity contribution >= 4 is 28.8 Å². The van der Waals surface area contributed by atoms with Crippen molar-refractivity contribution in [1.29, 1.82) is 0 Å². The van der Waals surface area contributed by atoms with Gasteiger partial charge in [0.05, 0.1) is 5.69 Å². The van der Waals surface area contributed by atoms with Crippen LogP contribution in [0.15, 0.2) is 24.3 Å². The lowest BCUT2D eigenvalue weighted by Gasteiger charge is -2.13. The van der Waals surface area contributed by atoms with Crippen LogP contribution < -0.4 is 0 Å². The van der Waals surface area contributed by atoms with Gasteiger partial charge in [-0.1, -0.05) is 23.7 Å². The minimum Gasteiger partial charge on any atom is -0.338 e. The second-order valence-corrected chi connectivity index (χ2v) is 6.38. The Morgan fingerprint density at radius 1 is 1.25 bits per heavy atom. The van der Waals surface area contributed by atoms with Crippen LogP contribution in [-0.2, 0) is 0 Å². The van der Waals surface area contributed by atoms with E-state index in [1.165, 1.54) is 11.3 Å². The molecule has 1 aromatic carbocycles. The van der Waals surface area contributed by atoms with Gasteiger partial charge in [0.2, 0.25) is 0 Å². The summed E-state index contributed by atoms with van der Waals surface area (Å²) in [5, 5.41) is 1.58. The van der Waals surface area contributed by atoms with E-state index in [-0.39, 0.29) is 5.91 Å². The number of aromatic nitrogens is 1. The SMILES string of the molecule is Cc1nc(-c2ccc(Cl)cc2)sc1C(=O)N1CCCC1. The molecule has 1 fully saturated rings. The third kappa shape index (κ3) is 2.58. The lowest BCUT2D eigenvalue weighted by Crippen LogP contribution is -2.27. The maximum Gasteiger partial charge on any atom is 0.265 e. The summed E-state index contributed by atoms with van der Waals surface area (Å²) < 4.78 is 0. The Labute approximate surface area is 127 Å². The molecular formula is C15H15ClN2OS. The van der Waals surface area contributed by atoms with Gasteiger partial charge in [-0.2, -0.15) is 0 Å². The predicted octanol–water partition coefficient (Wildman–Crippen LogP) is 4.01. The normalized spacial score (nSPS) is 14.8. The van der Waals surface area contributed by atoms with E-state index in [9.17, 15) is 4.79 Å². The molecule has 2 aromatic rings. The number of amides is 1. The van der Waals surface area contributed by atoms with Gasteiger partial charge in [-0.15, -0.1) is 11.3 Å². The molecule has 0 bridgehead atoms. The molecule has 2 heterocycles. The van der Waals surface area contributed by atoms with E-state index < -0.39 is 0 Å². The highest BCUT2D eigenvalue weighted by atomic mass is 35.5. The minimum atomic E-state index is 0.123. The van der Waals surface area contributed by atoms with Crippen LogP contribution in [-0.4, -0.2) is 28.9 Å². The van der Waals surface area contributed by atoms with Crippen LogP contribution in [0.4, 0.5) is 0 Å². The smallest absolute Gasteiger partial charge is 0.265 e. The minimum absolute atomic E-state index is 0.123. The molecule has 1 saturated heterocycles. The van der Waals surface area contributed by atoms with Gasteiger partial charge in [-0.05, 0) is 31.9 Å². The summed E-state index contributed by atoms with van der Waals surface area (Å²) >= 11 is 7.36. The molecule has 0 radical (unpaired) electrons. The maximum atomic E-state index is 12.4. The molecule has 0 N–H and O–H groups in total. The van der Waals surface area contributed by atoms with Gasteiger partial charge >= 0.3 is 0 Å². The highest BCUT2D eigenvalue weighted by Gasteiger charge is 2.24. The standard InChI is InChI=1S/C15H15ClN2OS/c1-10-13(15(19)18-8-2-3-9-18)20-14(17-10)11-4-6-12(16)7-5-11/h4-7H,2-3,8-9H2,1H3. The van der Waals surface area contributed by atoms with Crippen molar-refractivity contribution in [2.75, 3.05) is 13.1 Å². The number of aryl methyl sites for hydroxylation is 1. The first-order valence-electron chi connectivity index (χ1n) is 6.68. The fourth-order valence-electron chi connectivity index (χ4n) is 2.37. The Bertz CT molecular complexity index is 630. The second kappa shape index (κ2) is 5.54. The van der Waals surface area contributed by atoms with E-state index in [1.807, 2.05) is 36.1 Å². The first-order valence-corrected chi connectivity index (χ1v) is 7.87. The number of carbonyl (C=O) groups is 1. The van der Waals surface area contributed by atoms with Crippen LogP contribution in [0.2, 0.25) is 5.02 Å². The maximum absolute atomic E-state index is 12.4. The Hall–Kier alpha value is -1.39. The Balaban J connectivity index is 1.90. The van der Waals surface area contributed by atoms with Crippen LogP contribution in [0.5, 0.6) is 0 Å². The Morgan fingerprint density at radius 3 is 2.55 bits per heavy atom. The summed E-state index contributed by atoms with van der Waals surface area (Å²) in [6, 6.07) is 7.56. The van der Waals surface area contributed by atoms with Gasteiger partial charge in [-0.3, -0.25) is 4.79 Å². The molecule has 104 valence electrons.